The minimum Gasteiger partial charge on any atom is -0.461 e. The molecule has 1 aromatic heterocycles. The molecule has 0 N–H and O–H groups in total. The first-order valence-corrected chi connectivity index (χ1v) is 8.38. The summed E-state index contributed by atoms with van der Waals surface area (Å²) in [6.07, 6.45) is 1.10. The maximum absolute atomic E-state index is 11.7. The van der Waals surface area contributed by atoms with Crippen molar-refractivity contribution in [2.24, 2.45) is 0 Å². The molecule has 0 aliphatic carbocycles. The Balaban J connectivity index is 2.11. The van der Waals surface area contributed by atoms with Gasteiger partial charge in [0.25, 0.3) is 0 Å². The van der Waals surface area contributed by atoms with Gasteiger partial charge in [0.15, 0.2) is 6.10 Å². The second-order valence-electron chi connectivity index (χ2n) is 6.44. The van der Waals surface area contributed by atoms with Crippen molar-refractivity contribution < 1.29 is 19.0 Å². The number of pyridine rings is 1. The van der Waals surface area contributed by atoms with E-state index in [1.54, 1.807) is 18.3 Å². The fourth-order valence-electron chi connectivity index (χ4n) is 2.80. The molecule has 0 bridgehead atoms. The standard InChI is InChI=1S/C19H20ClNO4/c1-11-17-16(10-23-19(3,4)25-17)15(9-21-11)18(24-12(2)22)13-5-7-14(20)8-6-13/h5-9,18H,10H2,1-4H3. The maximum atomic E-state index is 11.7. The number of carbonyl (C=O) groups is 1. The first kappa shape index (κ1) is 17.7. The number of nitrogens with zero attached hydrogens (tertiary/aromatic N) is 1. The fourth-order valence-corrected chi connectivity index (χ4v) is 2.92. The quantitative estimate of drug-likeness (QED) is 0.761. The predicted octanol–water partition coefficient (Wildman–Crippen LogP) is 4.34. The summed E-state index contributed by atoms with van der Waals surface area (Å²) < 4.78 is 17.3. The van der Waals surface area contributed by atoms with E-state index >= 15 is 0 Å². The molecule has 25 heavy (non-hydrogen) atoms. The molecular weight excluding hydrogens is 342 g/mol. The third-order valence-corrected chi connectivity index (χ3v) is 4.25. The van der Waals surface area contributed by atoms with Gasteiger partial charge in [-0.05, 0) is 24.6 Å². The topological polar surface area (TPSA) is 57.7 Å². The number of aryl methyl sites for hydroxylation is 1. The highest BCUT2D eigenvalue weighted by Crippen LogP contribution is 2.39. The predicted molar refractivity (Wildman–Crippen MR) is 93.5 cm³/mol. The molecule has 0 saturated carbocycles. The highest BCUT2D eigenvalue weighted by Gasteiger charge is 2.33. The van der Waals surface area contributed by atoms with Crippen molar-refractivity contribution >= 4 is 17.6 Å². The lowest BCUT2D eigenvalue weighted by atomic mass is 9.96. The van der Waals surface area contributed by atoms with Gasteiger partial charge in [0, 0.05) is 43.1 Å². The summed E-state index contributed by atoms with van der Waals surface area (Å²) in [7, 11) is 0. The zero-order valence-corrected chi connectivity index (χ0v) is 15.4. The van der Waals surface area contributed by atoms with Crippen LogP contribution in [0.15, 0.2) is 30.5 Å². The van der Waals surface area contributed by atoms with Crippen LogP contribution in [0.1, 0.15) is 49.3 Å². The third kappa shape index (κ3) is 3.78. The lowest BCUT2D eigenvalue weighted by Crippen LogP contribution is -2.36. The molecule has 1 aromatic carbocycles. The second kappa shape index (κ2) is 6.65. The van der Waals surface area contributed by atoms with E-state index in [1.807, 2.05) is 32.9 Å². The molecule has 0 spiro atoms. The lowest BCUT2D eigenvalue weighted by Gasteiger charge is -2.35. The van der Waals surface area contributed by atoms with Crippen LogP contribution in [0.5, 0.6) is 5.75 Å². The molecule has 1 atom stereocenters. The van der Waals surface area contributed by atoms with Crippen molar-refractivity contribution in [2.45, 2.75) is 46.2 Å². The van der Waals surface area contributed by atoms with Gasteiger partial charge in [-0.15, -0.1) is 0 Å². The van der Waals surface area contributed by atoms with Crippen LogP contribution in [-0.4, -0.2) is 16.7 Å². The van der Waals surface area contributed by atoms with Gasteiger partial charge in [-0.25, -0.2) is 0 Å². The van der Waals surface area contributed by atoms with E-state index in [2.05, 4.69) is 4.98 Å². The summed E-state index contributed by atoms with van der Waals surface area (Å²) in [5.41, 5.74) is 3.16. The van der Waals surface area contributed by atoms with E-state index in [9.17, 15) is 4.79 Å². The third-order valence-electron chi connectivity index (χ3n) is 4.00. The minimum atomic E-state index is -0.727. The SMILES string of the molecule is CC(=O)OC(c1ccc(Cl)cc1)c1cnc(C)c2c1COC(C)(C)O2. The Labute approximate surface area is 151 Å². The van der Waals surface area contributed by atoms with Gasteiger partial charge in [0.1, 0.15) is 5.75 Å². The molecule has 0 fully saturated rings. The highest BCUT2D eigenvalue weighted by atomic mass is 35.5. The van der Waals surface area contributed by atoms with E-state index in [4.69, 9.17) is 25.8 Å². The number of rotatable bonds is 3. The average molecular weight is 362 g/mol. The molecule has 2 aromatic rings. The summed E-state index contributed by atoms with van der Waals surface area (Å²) in [5.74, 6) is -0.429. The molecule has 3 rings (SSSR count). The van der Waals surface area contributed by atoms with Crippen molar-refractivity contribution in [2.75, 3.05) is 0 Å². The van der Waals surface area contributed by atoms with Crippen LogP contribution in [0.25, 0.3) is 0 Å². The first-order chi connectivity index (χ1) is 11.8. The number of carbonyl (C=O) groups excluding carboxylic acids is 1. The molecule has 6 heteroatoms. The van der Waals surface area contributed by atoms with Gasteiger partial charge in [0.05, 0.1) is 12.3 Å². The second-order valence-corrected chi connectivity index (χ2v) is 6.87. The van der Waals surface area contributed by atoms with Gasteiger partial charge in [0.2, 0.25) is 5.79 Å². The van der Waals surface area contributed by atoms with Crippen molar-refractivity contribution in [3.05, 3.63) is 57.9 Å². The van der Waals surface area contributed by atoms with E-state index in [1.165, 1.54) is 6.92 Å². The molecule has 5 nitrogen and oxygen atoms in total. The van der Waals surface area contributed by atoms with Crippen molar-refractivity contribution in [1.82, 2.24) is 4.98 Å². The van der Waals surface area contributed by atoms with E-state index < -0.39 is 11.9 Å². The number of ether oxygens (including phenoxy) is 3. The number of hydrogen-bond acceptors (Lipinski definition) is 5. The van der Waals surface area contributed by atoms with Crippen LogP contribution < -0.4 is 4.74 Å². The lowest BCUT2D eigenvalue weighted by molar-refractivity contribution is -0.181. The minimum absolute atomic E-state index is 0.354. The number of fused-ring (bicyclic) bond motifs is 1. The van der Waals surface area contributed by atoms with Crippen LogP contribution in [0.4, 0.5) is 0 Å². The van der Waals surface area contributed by atoms with Crippen molar-refractivity contribution in [1.29, 1.82) is 0 Å². The molecular formula is C19H20ClNO4. The van der Waals surface area contributed by atoms with E-state index in [0.29, 0.717) is 17.4 Å². The Kier molecular flexibility index (Phi) is 4.71. The molecule has 0 saturated heterocycles. The van der Waals surface area contributed by atoms with Crippen LogP contribution >= 0.6 is 11.6 Å². The molecule has 1 aliphatic rings. The first-order valence-electron chi connectivity index (χ1n) is 8.01. The molecule has 0 radical (unpaired) electrons. The van der Waals surface area contributed by atoms with Gasteiger partial charge in [-0.2, -0.15) is 0 Å². The molecule has 2 heterocycles. The monoisotopic (exact) mass is 361 g/mol. The van der Waals surface area contributed by atoms with Crippen LogP contribution in [-0.2, 0) is 20.9 Å². The zero-order chi connectivity index (χ0) is 18.2. The molecule has 0 amide bonds. The Morgan fingerprint density at radius 2 is 2.00 bits per heavy atom. The highest BCUT2D eigenvalue weighted by molar-refractivity contribution is 6.30. The summed E-state index contributed by atoms with van der Waals surface area (Å²) >= 11 is 5.98. The zero-order valence-electron chi connectivity index (χ0n) is 14.6. The molecule has 132 valence electrons. The smallest absolute Gasteiger partial charge is 0.303 e. The summed E-state index contributed by atoms with van der Waals surface area (Å²) in [6, 6.07) is 7.18. The van der Waals surface area contributed by atoms with Crippen LogP contribution in [0.3, 0.4) is 0 Å². The normalized spacial score (nSPS) is 16.5. The van der Waals surface area contributed by atoms with Gasteiger partial charge < -0.3 is 14.2 Å². The van der Waals surface area contributed by atoms with E-state index in [0.717, 1.165) is 22.4 Å². The molecule has 1 aliphatic heterocycles. The van der Waals surface area contributed by atoms with Gasteiger partial charge >= 0.3 is 5.97 Å². The fraction of sp³-hybridized carbons (Fsp3) is 0.368. The Morgan fingerprint density at radius 3 is 2.64 bits per heavy atom. The summed E-state index contributed by atoms with van der Waals surface area (Å²) in [5, 5.41) is 0.614. The Hall–Kier alpha value is -2.11. The average Bonchev–Trinajstić information content (AvgIpc) is 2.54. The van der Waals surface area contributed by atoms with Crippen LogP contribution in [0, 0.1) is 6.92 Å². The van der Waals surface area contributed by atoms with E-state index in [-0.39, 0.29) is 5.97 Å². The summed E-state index contributed by atoms with van der Waals surface area (Å²) in [4.78, 5) is 16.1. The number of hydrogen-bond donors (Lipinski definition) is 0. The molecule has 1 unspecified atom stereocenters. The van der Waals surface area contributed by atoms with Crippen molar-refractivity contribution in [3.63, 3.8) is 0 Å². The Morgan fingerprint density at radius 1 is 1.32 bits per heavy atom. The van der Waals surface area contributed by atoms with Crippen LogP contribution in [0.2, 0.25) is 5.02 Å². The summed E-state index contributed by atoms with van der Waals surface area (Å²) in [6.45, 7) is 7.32. The maximum Gasteiger partial charge on any atom is 0.303 e. The Bertz CT molecular complexity index is 802. The van der Waals surface area contributed by atoms with Gasteiger partial charge in [-0.3, -0.25) is 9.78 Å². The number of esters is 1. The van der Waals surface area contributed by atoms with Gasteiger partial charge in [-0.1, -0.05) is 23.7 Å². The van der Waals surface area contributed by atoms with Crippen molar-refractivity contribution in [3.8, 4) is 5.75 Å². The number of aromatic nitrogens is 1. The number of halogens is 1. The number of benzene rings is 1. The largest absolute Gasteiger partial charge is 0.461 e.